The molecule has 0 atom stereocenters. The summed E-state index contributed by atoms with van der Waals surface area (Å²) in [6.07, 6.45) is 3.15. The van der Waals surface area contributed by atoms with Crippen LogP contribution in [-0.2, 0) is 6.54 Å². The molecule has 0 saturated heterocycles. The molecule has 0 radical (unpaired) electrons. The molecule has 2 N–H and O–H groups in total. The fourth-order valence-corrected chi connectivity index (χ4v) is 4.78. The molecule has 0 unspecified atom stereocenters. The summed E-state index contributed by atoms with van der Waals surface area (Å²) < 4.78 is 1.34. The van der Waals surface area contributed by atoms with Crippen molar-refractivity contribution in [2.75, 3.05) is 12.4 Å². The second-order valence-electron chi connectivity index (χ2n) is 8.66. The molecule has 2 aromatic carbocycles. The first-order valence-electron chi connectivity index (χ1n) is 11.9. The largest absolute Gasteiger partial charge is 0.355 e. The number of benzene rings is 2. The number of amides is 2. The predicted octanol–water partition coefficient (Wildman–Crippen LogP) is 5.45. The van der Waals surface area contributed by atoms with Crippen molar-refractivity contribution in [1.82, 2.24) is 35.1 Å². The first-order valence-corrected chi connectivity index (χ1v) is 13.1. The van der Waals surface area contributed by atoms with E-state index in [-0.39, 0.29) is 28.6 Å². The van der Waals surface area contributed by atoms with Crippen LogP contribution in [0.4, 0.5) is 5.69 Å². The van der Waals surface area contributed by atoms with Crippen LogP contribution in [0.15, 0.2) is 67.0 Å². The summed E-state index contributed by atoms with van der Waals surface area (Å²) >= 11 is 18.9. The number of halogens is 3. The Morgan fingerprint density at radius 2 is 1.73 bits per heavy atom. The number of rotatable bonds is 7. The minimum atomic E-state index is -0.541. The molecule has 2 amide bonds. The van der Waals surface area contributed by atoms with Crippen LogP contribution in [-0.4, -0.2) is 48.6 Å². The number of anilines is 1. The van der Waals surface area contributed by atoms with Crippen LogP contribution in [0.1, 0.15) is 32.1 Å². The van der Waals surface area contributed by atoms with Crippen LogP contribution in [0.3, 0.4) is 0 Å². The van der Waals surface area contributed by atoms with E-state index in [1.807, 2.05) is 18.2 Å². The first kappa shape index (κ1) is 27.3. The summed E-state index contributed by atoms with van der Waals surface area (Å²) in [6, 6.07) is 15.4. The van der Waals surface area contributed by atoms with Crippen molar-refractivity contribution in [2.24, 2.45) is 0 Å². The summed E-state index contributed by atoms with van der Waals surface area (Å²) in [5, 5.41) is 20.0. The van der Waals surface area contributed by atoms with Crippen LogP contribution in [0, 0.1) is 6.92 Å². The van der Waals surface area contributed by atoms with Gasteiger partial charge in [0.25, 0.3) is 11.8 Å². The van der Waals surface area contributed by atoms with E-state index in [2.05, 4.69) is 30.9 Å². The topological polar surface area (TPSA) is 120 Å². The second-order valence-corrected chi connectivity index (χ2v) is 9.91. The van der Waals surface area contributed by atoms with Gasteiger partial charge in [-0.3, -0.25) is 9.59 Å². The average molecular weight is 596 g/mol. The maximum atomic E-state index is 13.7. The fourth-order valence-electron chi connectivity index (χ4n) is 4.07. The average Bonchev–Trinajstić information content (AvgIpc) is 3.57. The molecule has 3 heterocycles. The first-order chi connectivity index (χ1) is 19.2. The quantitative estimate of drug-likeness (QED) is 0.258. The number of nitrogens with one attached hydrogen (secondary N) is 2. The van der Waals surface area contributed by atoms with E-state index < -0.39 is 11.8 Å². The number of hydrogen-bond donors (Lipinski definition) is 2. The van der Waals surface area contributed by atoms with E-state index in [0.717, 1.165) is 5.56 Å². The molecular formula is C27H21Cl3N8O2. The molecule has 0 aliphatic carbocycles. The van der Waals surface area contributed by atoms with E-state index in [9.17, 15) is 9.59 Å². The van der Waals surface area contributed by atoms with Crippen LogP contribution < -0.4 is 10.6 Å². The zero-order chi connectivity index (χ0) is 28.4. The number of nitrogens with zero attached hydrogens (tertiary/aromatic N) is 6. The van der Waals surface area contributed by atoms with Gasteiger partial charge in [-0.15, -0.1) is 0 Å². The molecule has 202 valence electrons. The number of pyridine rings is 1. The highest BCUT2D eigenvalue weighted by Gasteiger charge is 2.23. The molecule has 0 fully saturated rings. The highest BCUT2D eigenvalue weighted by Crippen LogP contribution is 2.28. The van der Waals surface area contributed by atoms with Gasteiger partial charge >= 0.3 is 0 Å². The Hall–Kier alpha value is -4.25. The van der Waals surface area contributed by atoms with Gasteiger partial charge in [-0.05, 0) is 48.9 Å². The monoisotopic (exact) mass is 594 g/mol. The second kappa shape index (κ2) is 11.5. The Bertz CT molecular complexity index is 1750. The van der Waals surface area contributed by atoms with Gasteiger partial charge in [0.15, 0.2) is 5.82 Å². The summed E-state index contributed by atoms with van der Waals surface area (Å²) in [5.74, 6) is -0.687. The summed E-state index contributed by atoms with van der Waals surface area (Å²) in [6.45, 7) is 1.89. The molecule has 0 saturated carbocycles. The van der Waals surface area contributed by atoms with Crippen LogP contribution in [0.5, 0.6) is 0 Å². The number of carbonyl (C=O) groups is 2. The zero-order valence-electron chi connectivity index (χ0n) is 21.2. The third kappa shape index (κ3) is 5.55. The van der Waals surface area contributed by atoms with Gasteiger partial charge < -0.3 is 10.6 Å². The lowest BCUT2D eigenvalue weighted by molar-refractivity contribution is 0.0964. The van der Waals surface area contributed by atoms with E-state index in [0.29, 0.717) is 32.7 Å². The summed E-state index contributed by atoms with van der Waals surface area (Å²) in [7, 11) is 1.50. The molecule has 5 aromatic rings. The lowest BCUT2D eigenvalue weighted by Gasteiger charge is -2.14. The third-order valence-corrected chi connectivity index (χ3v) is 6.78. The third-order valence-electron chi connectivity index (χ3n) is 5.93. The Morgan fingerprint density at radius 1 is 0.950 bits per heavy atom. The van der Waals surface area contributed by atoms with Gasteiger partial charge in [-0.2, -0.15) is 20.1 Å². The summed E-state index contributed by atoms with van der Waals surface area (Å²) in [5.41, 5.74) is 3.07. The number of aryl methyl sites for hydroxylation is 1. The molecule has 3 aromatic heterocycles. The van der Waals surface area contributed by atoms with Gasteiger partial charge in [0.05, 0.1) is 33.2 Å². The molecule has 0 spiro atoms. The normalized spacial score (nSPS) is 10.9. The van der Waals surface area contributed by atoms with Crippen molar-refractivity contribution < 1.29 is 9.59 Å². The van der Waals surface area contributed by atoms with Gasteiger partial charge in [0, 0.05) is 23.8 Å². The molecule has 5 rings (SSSR count). The van der Waals surface area contributed by atoms with Crippen molar-refractivity contribution in [3.63, 3.8) is 0 Å². The van der Waals surface area contributed by atoms with Crippen molar-refractivity contribution in [2.45, 2.75) is 13.5 Å². The van der Waals surface area contributed by atoms with Crippen LogP contribution in [0.25, 0.3) is 17.1 Å². The highest BCUT2D eigenvalue weighted by molar-refractivity contribution is 6.33. The van der Waals surface area contributed by atoms with Crippen molar-refractivity contribution in [3.8, 4) is 17.1 Å². The number of hydrogen-bond acceptors (Lipinski definition) is 6. The Balaban J connectivity index is 1.52. The molecule has 0 aliphatic heterocycles. The van der Waals surface area contributed by atoms with Gasteiger partial charge in [-0.25, -0.2) is 9.67 Å². The van der Waals surface area contributed by atoms with Crippen LogP contribution in [0.2, 0.25) is 15.1 Å². The lowest BCUT2D eigenvalue weighted by Crippen LogP contribution is -2.23. The SMILES string of the molecule is CNC(=O)c1cc(Cl)cc(C)c1NC(=O)c1cc(Cn2ncc(-c3ccccc3Cl)n2)nn1-c1ncccc1Cl. The van der Waals surface area contributed by atoms with E-state index in [1.165, 1.54) is 22.6 Å². The van der Waals surface area contributed by atoms with E-state index >= 15 is 0 Å². The standard InChI is InChI=1S/C27H21Cl3N8O2/c1-15-10-16(28)11-19(26(39)31-2)24(15)34-27(40)23-12-17(35-38(23)25-21(30)8-5-9-32-25)14-37-33-13-22(36-37)18-6-3-4-7-20(18)29/h3-13H,14H2,1-2H3,(H,31,39)(H,34,40). The molecule has 0 aliphatic rings. The predicted molar refractivity (Wildman–Crippen MR) is 153 cm³/mol. The van der Waals surface area contributed by atoms with Crippen molar-refractivity contribution in [1.29, 1.82) is 0 Å². The highest BCUT2D eigenvalue weighted by atomic mass is 35.5. The van der Waals surface area contributed by atoms with E-state index in [1.54, 1.807) is 49.6 Å². The number of aromatic nitrogens is 6. The van der Waals surface area contributed by atoms with Gasteiger partial charge in [0.2, 0.25) is 0 Å². The van der Waals surface area contributed by atoms with Crippen molar-refractivity contribution >= 4 is 52.3 Å². The smallest absolute Gasteiger partial charge is 0.274 e. The Kier molecular flexibility index (Phi) is 7.83. The maximum absolute atomic E-state index is 13.7. The Labute approximate surface area is 243 Å². The number of carbonyl (C=O) groups excluding carboxylic acids is 2. The van der Waals surface area contributed by atoms with E-state index in [4.69, 9.17) is 34.8 Å². The van der Waals surface area contributed by atoms with Crippen LogP contribution >= 0.6 is 34.8 Å². The minimum absolute atomic E-state index is 0.131. The summed E-state index contributed by atoms with van der Waals surface area (Å²) in [4.78, 5) is 31.9. The zero-order valence-corrected chi connectivity index (χ0v) is 23.5. The van der Waals surface area contributed by atoms with Crippen molar-refractivity contribution in [3.05, 3.63) is 105 Å². The molecule has 0 bridgehead atoms. The minimum Gasteiger partial charge on any atom is -0.355 e. The Morgan fingerprint density at radius 3 is 2.48 bits per heavy atom. The molecule has 40 heavy (non-hydrogen) atoms. The lowest BCUT2D eigenvalue weighted by atomic mass is 10.1. The van der Waals surface area contributed by atoms with Gasteiger partial charge in [0.1, 0.15) is 17.9 Å². The maximum Gasteiger partial charge on any atom is 0.274 e. The molecular weight excluding hydrogens is 575 g/mol. The molecule has 10 nitrogen and oxygen atoms in total. The fraction of sp³-hybridized carbons (Fsp3) is 0.111. The molecule has 13 heteroatoms. The van der Waals surface area contributed by atoms with Gasteiger partial charge in [-0.1, -0.05) is 53.0 Å².